The Balaban J connectivity index is 2.85. The highest BCUT2D eigenvalue weighted by molar-refractivity contribution is 5.80. The van der Waals surface area contributed by atoms with E-state index in [0.717, 1.165) is 11.6 Å². The van der Waals surface area contributed by atoms with Crippen molar-refractivity contribution in [2.24, 2.45) is 10.9 Å². The first kappa shape index (κ1) is 14.1. The average Bonchev–Trinajstić information content (AvgIpc) is 2.38. The van der Waals surface area contributed by atoms with Crippen LogP contribution in [0.15, 0.2) is 23.5 Å². The van der Waals surface area contributed by atoms with E-state index in [-0.39, 0.29) is 11.9 Å². The van der Waals surface area contributed by atoms with Crippen molar-refractivity contribution in [3.05, 3.63) is 18.3 Å². The first-order chi connectivity index (χ1) is 8.60. The maximum absolute atomic E-state index is 8.58. The van der Waals surface area contributed by atoms with Crippen LogP contribution < -0.4 is 15.4 Å². The zero-order valence-corrected chi connectivity index (χ0v) is 11.0. The molecule has 0 spiro atoms. The van der Waals surface area contributed by atoms with E-state index >= 15 is 0 Å². The third kappa shape index (κ3) is 3.51. The fraction of sp³-hybridized carbons (Fsp3) is 0.500. The van der Waals surface area contributed by atoms with Crippen molar-refractivity contribution in [3.8, 4) is 5.75 Å². The van der Waals surface area contributed by atoms with Crippen molar-refractivity contribution < 1.29 is 9.94 Å². The van der Waals surface area contributed by atoms with Gasteiger partial charge in [0, 0.05) is 25.7 Å². The van der Waals surface area contributed by atoms with E-state index in [1.165, 1.54) is 0 Å². The Morgan fingerprint density at radius 2 is 2.39 bits per heavy atom. The van der Waals surface area contributed by atoms with Crippen LogP contribution >= 0.6 is 0 Å². The molecule has 1 rings (SSSR count). The average molecular weight is 252 g/mol. The van der Waals surface area contributed by atoms with Crippen molar-refractivity contribution in [3.63, 3.8) is 0 Å². The summed E-state index contributed by atoms with van der Waals surface area (Å²) in [6, 6.07) is 3.75. The van der Waals surface area contributed by atoms with Gasteiger partial charge >= 0.3 is 0 Å². The molecule has 0 bridgehead atoms. The molecule has 0 saturated carbocycles. The van der Waals surface area contributed by atoms with Gasteiger partial charge in [-0.05, 0) is 26.0 Å². The fourth-order valence-corrected chi connectivity index (χ4v) is 1.60. The minimum Gasteiger partial charge on any atom is -0.490 e. The number of amidine groups is 1. The molecule has 0 amide bonds. The van der Waals surface area contributed by atoms with Crippen LogP contribution in [-0.2, 0) is 0 Å². The first-order valence-electron chi connectivity index (χ1n) is 5.87. The van der Waals surface area contributed by atoms with Crippen LogP contribution in [0.5, 0.6) is 5.75 Å². The number of ether oxygens (including phenoxy) is 1. The summed E-state index contributed by atoms with van der Waals surface area (Å²) in [6.07, 6.45) is 2.17. The third-order valence-corrected chi connectivity index (χ3v) is 2.68. The highest BCUT2D eigenvalue weighted by Crippen LogP contribution is 2.26. The topological polar surface area (TPSA) is 84.0 Å². The van der Waals surface area contributed by atoms with Gasteiger partial charge in [-0.25, -0.2) is 4.98 Å². The maximum atomic E-state index is 8.58. The molecule has 100 valence electrons. The van der Waals surface area contributed by atoms with Crippen molar-refractivity contribution in [2.75, 3.05) is 18.6 Å². The van der Waals surface area contributed by atoms with Gasteiger partial charge in [0.25, 0.3) is 0 Å². The van der Waals surface area contributed by atoms with Gasteiger partial charge in [-0.2, -0.15) is 0 Å². The van der Waals surface area contributed by atoms with Crippen LogP contribution in [0.4, 0.5) is 5.82 Å². The summed E-state index contributed by atoms with van der Waals surface area (Å²) >= 11 is 0. The number of nitrogens with zero attached hydrogens (tertiary/aromatic N) is 3. The summed E-state index contributed by atoms with van der Waals surface area (Å²) in [6.45, 7) is 4.49. The normalized spacial score (nSPS) is 13.2. The second-order valence-corrected chi connectivity index (χ2v) is 4.01. The summed E-state index contributed by atoms with van der Waals surface area (Å²) in [4.78, 5) is 6.26. The molecule has 1 heterocycles. The van der Waals surface area contributed by atoms with Crippen molar-refractivity contribution in [1.29, 1.82) is 0 Å². The molecule has 0 fully saturated rings. The largest absolute Gasteiger partial charge is 0.490 e. The molecule has 3 N–H and O–H groups in total. The third-order valence-electron chi connectivity index (χ3n) is 2.68. The molecule has 0 aromatic carbocycles. The Labute approximate surface area is 107 Å². The number of nitrogens with two attached hydrogens (primary N) is 1. The minimum atomic E-state index is 0.0509. The molecule has 6 heteroatoms. The Morgan fingerprint density at radius 1 is 1.67 bits per heavy atom. The number of rotatable bonds is 6. The molecule has 0 aliphatic rings. The van der Waals surface area contributed by atoms with E-state index in [4.69, 9.17) is 15.7 Å². The number of hydrogen-bond donors (Lipinski definition) is 2. The smallest absolute Gasteiger partial charge is 0.171 e. The maximum Gasteiger partial charge on any atom is 0.171 e. The van der Waals surface area contributed by atoms with Gasteiger partial charge in [0.15, 0.2) is 11.6 Å². The molecule has 1 atom stereocenters. The van der Waals surface area contributed by atoms with Crippen LogP contribution in [0.25, 0.3) is 0 Å². The van der Waals surface area contributed by atoms with Crippen LogP contribution in [0.2, 0.25) is 0 Å². The zero-order valence-electron chi connectivity index (χ0n) is 11.0. The lowest BCUT2D eigenvalue weighted by Crippen LogP contribution is -2.34. The van der Waals surface area contributed by atoms with Gasteiger partial charge < -0.3 is 20.6 Å². The predicted octanol–water partition coefficient (Wildman–Crippen LogP) is 1.44. The Morgan fingerprint density at radius 3 is 3.00 bits per heavy atom. The Hall–Kier alpha value is -1.98. The Kier molecular flexibility index (Phi) is 5.23. The minimum absolute atomic E-state index is 0.0509. The fourth-order valence-electron chi connectivity index (χ4n) is 1.60. The lowest BCUT2D eigenvalue weighted by Gasteiger charge is -2.27. The summed E-state index contributed by atoms with van der Waals surface area (Å²) in [5.41, 5.74) is 5.51. The summed E-state index contributed by atoms with van der Waals surface area (Å²) in [5.74, 6) is 1.68. The molecule has 1 aromatic heterocycles. The van der Waals surface area contributed by atoms with Crippen molar-refractivity contribution in [2.45, 2.75) is 26.3 Å². The van der Waals surface area contributed by atoms with E-state index in [2.05, 4.69) is 10.1 Å². The number of hydrogen-bond acceptors (Lipinski definition) is 5. The summed E-state index contributed by atoms with van der Waals surface area (Å²) < 4.78 is 5.52. The SMILES string of the molecule is CCOc1cccnc1N(C)C(C)C/C(N)=N/O. The number of aromatic nitrogens is 1. The van der Waals surface area contributed by atoms with E-state index in [1.54, 1.807) is 6.20 Å². The first-order valence-corrected chi connectivity index (χ1v) is 5.87. The zero-order chi connectivity index (χ0) is 13.5. The lowest BCUT2D eigenvalue weighted by atomic mass is 10.2. The van der Waals surface area contributed by atoms with Crippen molar-refractivity contribution in [1.82, 2.24) is 4.98 Å². The molecular formula is C12H20N4O2. The second-order valence-electron chi connectivity index (χ2n) is 4.01. The molecule has 0 saturated heterocycles. The summed E-state index contributed by atoms with van der Waals surface area (Å²) in [7, 11) is 1.90. The van der Waals surface area contributed by atoms with Crippen LogP contribution in [0.3, 0.4) is 0 Å². The van der Waals surface area contributed by atoms with Gasteiger partial charge in [-0.1, -0.05) is 5.16 Å². The molecule has 0 radical (unpaired) electrons. The number of pyridine rings is 1. The number of oxime groups is 1. The highest BCUT2D eigenvalue weighted by Gasteiger charge is 2.16. The van der Waals surface area contributed by atoms with Crippen LogP contribution in [0, 0.1) is 0 Å². The molecule has 1 unspecified atom stereocenters. The number of anilines is 1. The van der Waals surface area contributed by atoms with Crippen LogP contribution in [-0.4, -0.2) is 35.7 Å². The van der Waals surface area contributed by atoms with E-state index in [1.807, 2.05) is 37.9 Å². The molecular weight excluding hydrogens is 232 g/mol. The molecule has 0 aliphatic heterocycles. The molecule has 18 heavy (non-hydrogen) atoms. The van der Waals surface area contributed by atoms with Gasteiger partial charge in [0.05, 0.1) is 6.61 Å². The molecule has 0 aliphatic carbocycles. The lowest BCUT2D eigenvalue weighted by molar-refractivity contribution is 0.316. The molecule has 1 aromatic rings. The van der Waals surface area contributed by atoms with Gasteiger partial charge in [0.1, 0.15) is 5.84 Å². The van der Waals surface area contributed by atoms with Gasteiger partial charge in [-0.15, -0.1) is 0 Å². The van der Waals surface area contributed by atoms with Gasteiger partial charge in [0.2, 0.25) is 0 Å². The second kappa shape index (κ2) is 6.68. The quantitative estimate of drug-likeness (QED) is 0.346. The standard InChI is InChI=1S/C12H20N4O2/c1-4-18-10-6-5-7-14-12(10)16(3)9(2)8-11(13)15-17/h5-7,9,17H,4,8H2,1-3H3,(H2,13,15). The van der Waals surface area contributed by atoms with Crippen molar-refractivity contribution >= 4 is 11.7 Å². The molecule has 6 nitrogen and oxygen atoms in total. The predicted molar refractivity (Wildman–Crippen MR) is 71.3 cm³/mol. The Bertz CT molecular complexity index is 409. The summed E-state index contributed by atoms with van der Waals surface area (Å²) in [5, 5.41) is 11.6. The highest BCUT2D eigenvalue weighted by atomic mass is 16.5. The monoisotopic (exact) mass is 252 g/mol. The van der Waals surface area contributed by atoms with Gasteiger partial charge in [-0.3, -0.25) is 0 Å². The van der Waals surface area contributed by atoms with E-state index < -0.39 is 0 Å². The van der Waals surface area contributed by atoms with E-state index in [0.29, 0.717) is 13.0 Å². The van der Waals surface area contributed by atoms with E-state index in [9.17, 15) is 0 Å². The van der Waals surface area contributed by atoms with Crippen LogP contribution in [0.1, 0.15) is 20.3 Å².